The summed E-state index contributed by atoms with van der Waals surface area (Å²) in [4.78, 5) is 24.1. The summed E-state index contributed by atoms with van der Waals surface area (Å²) in [5.74, 6) is 0.361. The molecular formula is C16H16O4. The topological polar surface area (TPSA) is 52.6 Å². The number of carbonyl (C=O) groups excluding carboxylic acids is 2. The van der Waals surface area contributed by atoms with Gasteiger partial charge in [0.15, 0.2) is 11.5 Å². The normalized spacial score (nSPS) is 24.1. The third kappa shape index (κ3) is 1.68. The standard InChI is InChI=1S/C16H16O4/c1-8-7-11(9(2)17)14-10-5-4-6-12(19-3)15(10)20-16(18)13(8)14/h4-6,11,14H,7H2,1-3H3/t11-,14-/m1/s1. The lowest BCUT2D eigenvalue weighted by atomic mass is 9.81. The number of methoxy groups -OCH3 is 1. The molecule has 0 bridgehead atoms. The summed E-state index contributed by atoms with van der Waals surface area (Å²) in [5, 5.41) is 0. The van der Waals surface area contributed by atoms with Crippen molar-refractivity contribution < 1.29 is 19.1 Å². The van der Waals surface area contributed by atoms with Gasteiger partial charge in [0.2, 0.25) is 0 Å². The molecule has 20 heavy (non-hydrogen) atoms. The SMILES string of the molecule is COc1cccc2c1OC(=O)C1=C(C)C[C@H](C(C)=O)[C@H]12. The summed E-state index contributed by atoms with van der Waals surface area (Å²) in [6.45, 7) is 3.48. The molecule has 0 unspecified atom stereocenters. The van der Waals surface area contributed by atoms with Crippen LogP contribution in [0.25, 0.3) is 0 Å². The zero-order valence-corrected chi connectivity index (χ0v) is 11.7. The summed E-state index contributed by atoms with van der Waals surface area (Å²) in [7, 11) is 1.54. The first-order chi connectivity index (χ1) is 9.54. The molecule has 0 aromatic heterocycles. The Hall–Kier alpha value is -2.10. The molecule has 0 amide bonds. The van der Waals surface area contributed by atoms with Gasteiger partial charge in [0.1, 0.15) is 5.78 Å². The molecule has 1 aliphatic heterocycles. The number of esters is 1. The molecule has 2 aliphatic rings. The maximum Gasteiger partial charge on any atom is 0.340 e. The summed E-state index contributed by atoms with van der Waals surface area (Å²) >= 11 is 0. The molecule has 1 aliphatic carbocycles. The Labute approximate surface area is 117 Å². The van der Waals surface area contributed by atoms with Crippen LogP contribution in [0.4, 0.5) is 0 Å². The first-order valence-electron chi connectivity index (χ1n) is 6.63. The van der Waals surface area contributed by atoms with Crippen LogP contribution in [-0.2, 0) is 9.59 Å². The average molecular weight is 272 g/mol. The molecular weight excluding hydrogens is 256 g/mol. The molecule has 3 rings (SSSR count). The fourth-order valence-corrected chi connectivity index (χ4v) is 3.27. The summed E-state index contributed by atoms with van der Waals surface area (Å²) < 4.78 is 10.7. The van der Waals surface area contributed by atoms with E-state index in [2.05, 4.69) is 0 Å². The number of Topliss-reactive ketones (excluding diaryl/α,β-unsaturated/α-hetero) is 1. The minimum atomic E-state index is -0.353. The Bertz CT molecular complexity index is 642. The van der Waals surface area contributed by atoms with Gasteiger partial charge in [-0.3, -0.25) is 4.79 Å². The second kappa shape index (κ2) is 4.47. The van der Waals surface area contributed by atoms with Crippen LogP contribution in [0.1, 0.15) is 31.7 Å². The maximum absolute atomic E-state index is 12.2. The van der Waals surface area contributed by atoms with Gasteiger partial charge in [-0.2, -0.15) is 0 Å². The van der Waals surface area contributed by atoms with Crippen molar-refractivity contribution in [2.24, 2.45) is 5.92 Å². The molecule has 0 saturated carbocycles. The van der Waals surface area contributed by atoms with Crippen LogP contribution in [0.5, 0.6) is 11.5 Å². The highest BCUT2D eigenvalue weighted by atomic mass is 16.6. The maximum atomic E-state index is 12.2. The van der Waals surface area contributed by atoms with Gasteiger partial charge in [0.25, 0.3) is 0 Å². The second-order valence-corrected chi connectivity index (χ2v) is 5.36. The highest BCUT2D eigenvalue weighted by Gasteiger charge is 2.45. The number of ketones is 1. The van der Waals surface area contributed by atoms with Crippen molar-refractivity contribution in [3.63, 3.8) is 0 Å². The molecule has 1 aromatic carbocycles. The second-order valence-electron chi connectivity index (χ2n) is 5.36. The number of rotatable bonds is 2. The number of ether oxygens (including phenoxy) is 2. The van der Waals surface area contributed by atoms with Gasteiger partial charge in [-0.05, 0) is 26.3 Å². The first kappa shape index (κ1) is 12.9. The minimum absolute atomic E-state index is 0.104. The largest absolute Gasteiger partial charge is 0.493 e. The third-order valence-electron chi connectivity index (χ3n) is 4.20. The van der Waals surface area contributed by atoms with Crippen LogP contribution in [0, 0.1) is 5.92 Å². The number of hydrogen-bond donors (Lipinski definition) is 0. The third-order valence-corrected chi connectivity index (χ3v) is 4.20. The average Bonchev–Trinajstić information content (AvgIpc) is 2.77. The van der Waals surface area contributed by atoms with E-state index < -0.39 is 0 Å². The smallest absolute Gasteiger partial charge is 0.340 e. The molecule has 4 nitrogen and oxygen atoms in total. The Morgan fingerprint density at radius 3 is 2.80 bits per heavy atom. The van der Waals surface area contributed by atoms with Crippen LogP contribution < -0.4 is 9.47 Å². The van der Waals surface area contributed by atoms with Gasteiger partial charge in [-0.1, -0.05) is 17.7 Å². The van der Waals surface area contributed by atoms with Crippen molar-refractivity contribution in [1.82, 2.24) is 0 Å². The van der Waals surface area contributed by atoms with E-state index in [-0.39, 0.29) is 23.6 Å². The number of benzene rings is 1. The number of para-hydroxylation sites is 1. The molecule has 0 saturated heterocycles. The molecule has 104 valence electrons. The monoisotopic (exact) mass is 272 g/mol. The lowest BCUT2D eigenvalue weighted by molar-refractivity contribution is -0.131. The van der Waals surface area contributed by atoms with E-state index in [1.807, 2.05) is 19.1 Å². The summed E-state index contributed by atoms with van der Waals surface area (Å²) in [6.07, 6.45) is 0.626. The molecule has 1 heterocycles. The zero-order chi connectivity index (χ0) is 14.4. The van der Waals surface area contributed by atoms with Gasteiger partial charge < -0.3 is 9.47 Å². The Balaban J connectivity index is 2.21. The fraction of sp³-hybridized carbons (Fsp3) is 0.375. The highest BCUT2D eigenvalue weighted by molar-refractivity contribution is 5.99. The van der Waals surface area contributed by atoms with E-state index in [0.717, 1.165) is 11.1 Å². The number of allylic oxidation sites excluding steroid dienone is 1. The number of fused-ring (bicyclic) bond motifs is 3. The van der Waals surface area contributed by atoms with Crippen molar-refractivity contribution in [2.75, 3.05) is 7.11 Å². The Morgan fingerprint density at radius 1 is 1.40 bits per heavy atom. The molecule has 0 radical (unpaired) electrons. The number of hydrogen-bond acceptors (Lipinski definition) is 4. The van der Waals surface area contributed by atoms with E-state index in [1.165, 1.54) is 7.11 Å². The van der Waals surface area contributed by atoms with Gasteiger partial charge in [0.05, 0.1) is 7.11 Å². The van der Waals surface area contributed by atoms with Crippen LogP contribution in [0.3, 0.4) is 0 Å². The van der Waals surface area contributed by atoms with Crippen molar-refractivity contribution in [2.45, 2.75) is 26.2 Å². The van der Waals surface area contributed by atoms with E-state index in [1.54, 1.807) is 13.0 Å². The van der Waals surface area contributed by atoms with E-state index in [9.17, 15) is 9.59 Å². The van der Waals surface area contributed by atoms with Gasteiger partial charge in [0, 0.05) is 23.0 Å². The summed E-state index contributed by atoms with van der Waals surface area (Å²) in [5.41, 5.74) is 2.47. The highest BCUT2D eigenvalue weighted by Crippen LogP contribution is 2.52. The Kier molecular flexibility index (Phi) is 2.89. The predicted octanol–water partition coefficient (Wildman–Crippen LogP) is 2.62. The lowest BCUT2D eigenvalue weighted by Gasteiger charge is -2.28. The minimum Gasteiger partial charge on any atom is -0.493 e. The molecule has 4 heteroatoms. The van der Waals surface area contributed by atoms with Crippen LogP contribution in [-0.4, -0.2) is 18.9 Å². The molecule has 1 aromatic rings. The summed E-state index contributed by atoms with van der Waals surface area (Å²) in [6, 6.07) is 5.52. The zero-order valence-electron chi connectivity index (χ0n) is 11.7. The van der Waals surface area contributed by atoms with E-state index >= 15 is 0 Å². The van der Waals surface area contributed by atoms with Crippen LogP contribution in [0.2, 0.25) is 0 Å². The van der Waals surface area contributed by atoms with Crippen molar-refractivity contribution in [1.29, 1.82) is 0 Å². The molecule has 2 atom stereocenters. The van der Waals surface area contributed by atoms with Crippen molar-refractivity contribution >= 4 is 11.8 Å². The lowest BCUT2D eigenvalue weighted by Crippen LogP contribution is -2.27. The Morgan fingerprint density at radius 2 is 2.15 bits per heavy atom. The van der Waals surface area contributed by atoms with E-state index in [4.69, 9.17) is 9.47 Å². The molecule has 0 spiro atoms. The molecule has 0 N–H and O–H groups in total. The van der Waals surface area contributed by atoms with Gasteiger partial charge >= 0.3 is 5.97 Å². The van der Waals surface area contributed by atoms with Crippen LogP contribution in [0.15, 0.2) is 29.3 Å². The molecule has 0 fully saturated rings. The quantitative estimate of drug-likeness (QED) is 0.613. The van der Waals surface area contributed by atoms with Crippen molar-refractivity contribution in [3.05, 3.63) is 34.9 Å². The van der Waals surface area contributed by atoms with E-state index in [0.29, 0.717) is 23.5 Å². The predicted molar refractivity (Wildman–Crippen MR) is 72.9 cm³/mol. The van der Waals surface area contributed by atoms with Gasteiger partial charge in [-0.25, -0.2) is 4.79 Å². The number of carbonyl (C=O) groups is 2. The van der Waals surface area contributed by atoms with Crippen molar-refractivity contribution in [3.8, 4) is 11.5 Å². The van der Waals surface area contributed by atoms with Gasteiger partial charge in [-0.15, -0.1) is 0 Å². The first-order valence-corrected chi connectivity index (χ1v) is 6.63. The fourth-order valence-electron chi connectivity index (χ4n) is 3.27. The van der Waals surface area contributed by atoms with Crippen LogP contribution >= 0.6 is 0 Å².